The Morgan fingerprint density at radius 1 is 1.04 bits per heavy atom. The lowest BCUT2D eigenvalue weighted by Crippen LogP contribution is -1.97. The molecule has 2 N–H and O–H groups in total. The van der Waals surface area contributed by atoms with Gasteiger partial charge >= 0.3 is 5.97 Å². The maximum atomic E-state index is 10.4. The van der Waals surface area contributed by atoms with E-state index in [4.69, 9.17) is 63.7 Å². The SMILES string of the molecule is CCn1c(-c2cc(Cl)cc(Cl)c2)n[nH]c1=S.O=C(O)c1cc(Cl)cc(Cl)c1. The third kappa shape index (κ3) is 5.96. The van der Waals surface area contributed by atoms with E-state index < -0.39 is 5.97 Å². The minimum atomic E-state index is -1.03. The molecule has 0 atom stereocenters. The number of nitrogens with zero attached hydrogens (tertiary/aromatic N) is 2. The zero-order valence-corrected chi connectivity index (χ0v) is 17.7. The van der Waals surface area contributed by atoms with E-state index in [0.29, 0.717) is 24.9 Å². The maximum Gasteiger partial charge on any atom is 0.335 e. The molecule has 0 aliphatic carbocycles. The van der Waals surface area contributed by atoms with Gasteiger partial charge in [0.15, 0.2) is 10.6 Å². The van der Waals surface area contributed by atoms with Crippen molar-refractivity contribution in [2.75, 3.05) is 0 Å². The Balaban J connectivity index is 0.000000208. The minimum Gasteiger partial charge on any atom is -0.478 e. The van der Waals surface area contributed by atoms with Gasteiger partial charge in [0.2, 0.25) is 0 Å². The van der Waals surface area contributed by atoms with Crippen LogP contribution >= 0.6 is 58.6 Å². The van der Waals surface area contributed by atoms with Crippen molar-refractivity contribution in [2.45, 2.75) is 13.5 Å². The van der Waals surface area contributed by atoms with E-state index in [1.54, 1.807) is 6.07 Å². The van der Waals surface area contributed by atoms with Gasteiger partial charge in [-0.3, -0.25) is 5.10 Å². The summed E-state index contributed by atoms with van der Waals surface area (Å²) >= 11 is 28.1. The first-order chi connectivity index (χ1) is 12.7. The number of carboxylic acid groups (broad SMARTS) is 1. The predicted molar refractivity (Wildman–Crippen MR) is 112 cm³/mol. The van der Waals surface area contributed by atoms with Crippen LogP contribution in [0.4, 0.5) is 0 Å². The standard InChI is InChI=1S/C10H9Cl2N3S.C7H4Cl2O2/c1-2-15-9(13-14-10(15)16)6-3-7(11)5-8(12)4-6;8-5-1-4(7(10)11)2-6(9)3-5/h3-5H,2H2,1H3,(H,14,16);1-3H,(H,10,11). The molecule has 0 fully saturated rings. The summed E-state index contributed by atoms with van der Waals surface area (Å²) in [4.78, 5) is 10.4. The van der Waals surface area contributed by atoms with Crippen LogP contribution in [0.2, 0.25) is 20.1 Å². The summed E-state index contributed by atoms with van der Waals surface area (Å²) in [6.07, 6.45) is 0. The molecule has 3 aromatic rings. The van der Waals surface area contributed by atoms with Crippen molar-refractivity contribution in [1.82, 2.24) is 14.8 Å². The van der Waals surface area contributed by atoms with E-state index >= 15 is 0 Å². The van der Waals surface area contributed by atoms with Gasteiger partial charge in [0.25, 0.3) is 0 Å². The highest BCUT2D eigenvalue weighted by molar-refractivity contribution is 7.71. The van der Waals surface area contributed by atoms with Crippen LogP contribution in [0, 0.1) is 4.77 Å². The fourth-order valence-corrected chi connectivity index (χ4v) is 3.50. The fourth-order valence-electron chi connectivity index (χ4n) is 2.19. The molecule has 10 heteroatoms. The van der Waals surface area contributed by atoms with E-state index in [1.807, 2.05) is 23.6 Å². The maximum absolute atomic E-state index is 10.4. The number of halogens is 4. The number of benzene rings is 2. The summed E-state index contributed by atoms with van der Waals surface area (Å²) in [7, 11) is 0. The molecule has 27 heavy (non-hydrogen) atoms. The third-order valence-electron chi connectivity index (χ3n) is 3.30. The van der Waals surface area contributed by atoms with Gasteiger partial charge in [-0.2, -0.15) is 5.10 Å². The van der Waals surface area contributed by atoms with Crippen LogP contribution in [0.25, 0.3) is 11.4 Å². The minimum absolute atomic E-state index is 0.0995. The first-order valence-electron chi connectivity index (χ1n) is 7.52. The Kier molecular flexibility index (Phi) is 7.70. The Morgan fingerprint density at radius 3 is 1.96 bits per heavy atom. The summed E-state index contributed by atoms with van der Waals surface area (Å²) in [5, 5.41) is 17.3. The smallest absolute Gasteiger partial charge is 0.335 e. The van der Waals surface area contributed by atoms with Crippen LogP contribution in [0.5, 0.6) is 0 Å². The fraction of sp³-hybridized carbons (Fsp3) is 0.118. The highest BCUT2D eigenvalue weighted by atomic mass is 35.5. The number of nitrogens with one attached hydrogen (secondary N) is 1. The van der Waals surface area contributed by atoms with Gasteiger partial charge in [-0.25, -0.2) is 4.79 Å². The second-order valence-electron chi connectivity index (χ2n) is 5.22. The molecular weight excluding hydrogens is 452 g/mol. The summed E-state index contributed by atoms with van der Waals surface area (Å²) in [6.45, 7) is 2.75. The molecule has 0 saturated carbocycles. The molecule has 0 amide bonds. The van der Waals surface area contributed by atoms with E-state index in [1.165, 1.54) is 18.2 Å². The number of hydrogen-bond acceptors (Lipinski definition) is 3. The molecule has 2 aromatic carbocycles. The number of aromatic carboxylic acids is 1. The van der Waals surface area contributed by atoms with Crippen LogP contribution < -0.4 is 0 Å². The van der Waals surface area contributed by atoms with Crippen molar-refractivity contribution in [3.8, 4) is 11.4 Å². The first kappa shape index (κ1) is 21.7. The van der Waals surface area contributed by atoms with E-state index in [-0.39, 0.29) is 5.56 Å². The number of H-pyrrole nitrogens is 1. The molecule has 1 aromatic heterocycles. The summed E-state index contributed by atoms with van der Waals surface area (Å²) in [5.41, 5.74) is 0.953. The van der Waals surface area contributed by atoms with Gasteiger partial charge in [0.1, 0.15) is 0 Å². The lowest BCUT2D eigenvalue weighted by atomic mass is 10.2. The Bertz CT molecular complexity index is 993. The molecule has 0 spiro atoms. The normalized spacial score (nSPS) is 10.3. The molecule has 0 radical (unpaired) electrons. The monoisotopic (exact) mass is 463 g/mol. The topological polar surface area (TPSA) is 70.9 Å². The van der Waals surface area contributed by atoms with Gasteiger partial charge in [0.05, 0.1) is 5.56 Å². The van der Waals surface area contributed by atoms with Crippen LogP contribution in [-0.2, 0) is 6.54 Å². The zero-order chi connectivity index (χ0) is 20.1. The average molecular weight is 465 g/mol. The third-order valence-corrected chi connectivity index (χ3v) is 4.49. The molecule has 142 valence electrons. The Labute approximate surface area is 180 Å². The summed E-state index contributed by atoms with van der Waals surface area (Å²) in [5.74, 6) is -0.286. The highest BCUT2D eigenvalue weighted by Gasteiger charge is 2.09. The van der Waals surface area contributed by atoms with Gasteiger partial charge in [-0.15, -0.1) is 0 Å². The largest absolute Gasteiger partial charge is 0.478 e. The molecule has 0 unspecified atom stereocenters. The zero-order valence-electron chi connectivity index (χ0n) is 13.8. The molecular formula is C17H13Cl4N3O2S. The molecule has 3 rings (SSSR count). The van der Waals surface area contributed by atoms with Crippen molar-refractivity contribution < 1.29 is 9.90 Å². The predicted octanol–water partition coefficient (Wildman–Crippen LogP) is 6.63. The van der Waals surface area contributed by atoms with Crippen molar-refractivity contribution in [2.24, 2.45) is 0 Å². The van der Waals surface area contributed by atoms with Crippen LogP contribution in [-0.4, -0.2) is 25.8 Å². The number of carbonyl (C=O) groups is 1. The average Bonchev–Trinajstić information content (AvgIpc) is 2.94. The van der Waals surface area contributed by atoms with E-state index in [9.17, 15) is 4.79 Å². The summed E-state index contributed by atoms with van der Waals surface area (Å²) < 4.78 is 2.48. The molecule has 0 aliphatic heterocycles. The van der Waals surface area contributed by atoms with Crippen molar-refractivity contribution >= 4 is 64.6 Å². The number of aromatic nitrogens is 3. The number of rotatable bonds is 3. The van der Waals surface area contributed by atoms with Crippen LogP contribution in [0.3, 0.4) is 0 Å². The first-order valence-corrected chi connectivity index (χ1v) is 9.44. The molecule has 0 bridgehead atoms. The van der Waals surface area contributed by atoms with Crippen molar-refractivity contribution in [3.63, 3.8) is 0 Å². The number of aromatic amines is 1. The second-order valence-corrected chi connectivity index (χ2v) is 7.35. The lowest BCUT2D eigenvalue weighted by Gasteiger charge is -2.04. The van der Waals surface area contributed by atoms with Gasteiger partial charge in [-0.05, 0) is 55.5 Å². The Morgan fingerprint density at radius 2 is 1.52 bits per heavy atom. The number of carboxylic acids is 1. The van der Waals surface area contributed by atoms with Gasteiger partial charge in [-0.1, -0.05) is 46.4 Å². The highest BCUT2D eigenvalue weighted by Crippen LogP contribution is 2.26. The lowest BCUT2D eigenvalue weighted by molar-refractivity contribution is 0.0697. The van der Waals surface area contributed by atoms with E-state index in [2.05, 4.69) is 10.2 Å². The quantitative estimate of drug-likeness (QED) is 0.427. The second kappa shape index (κ2) is 9.57. The Hall–Kier alpha value is -1.57. The van der Waals surface area contributed by atoms with Gasteiger partial charge < -0.3 is 9.67 Å². The molecule has 1 heterocycles. The van der Waals surface area contributed by atoms with Crippen LogP contribution in [0.1, 0.15) is 17.3 Å². The van der Waals surface area contributed by atoms with Gasteiger partial charge in [0, 0.05) is 32.2 Å². The van der Waals surface area contributed by atoms with Crippen molar-refractivity contribution in [1.29, 1.82) is 0 Å². The molecule has 5 nitrogen and oxygen atoms in total. The van der Waals surface area contributed by atoms with E-state index in [0.717, 1.165) is 17.9 Å². The summed E-state index contributed by atoms with van der Waals surface area (Å²) in [6, 6.07) is 9.47. The van der Waals surface area contributed by atoms with Crippen molar-refractivity contribution in [3.05, 3.63) is 66.8 Å². The number of hydrogen-bond donors (Lipinski definition) is 2. The molecule has 0 aliphatic rings. The molecule has 0 saturated heterocycles. The van der Waals surface area contributed by atoms with Crippen LogP contribution in [0.15, 0.2) is 36.4 Å².